The molecule has 29 heavy (non-hydrogen) atoms. The van der Waals surface area contributed by atoms with Crippen LogP contribution in [0.4, 0.5) is 0 Å². The summed E-state index contributed by atoms with van der Waals surface area (Å²) in [7, 11) is 1.88. The van der Waals surface area contributed by atoms with Crippen LogP contribution in [-0.4, -0.2) is 51.7 Å². The van der Waals surface area contributed by atoms with E-state index in [0.29, 0.717) is 23.7 Å². The summed E-state index contributed by atoms with van der Waals surface area (Å²) in [6, 6.07) is 0.445. The van der Waals surface area contributed by atoms with Gasteiger partial charge in [0.05, 0.1) is 29.4 Å². The number of hydrogen-bond acceptors (Lipinski definition) is 6. The van der Waals surface area contributed by atoms with Gasteiger partial charge in [0.1, 0.15) is 0 Å². The Hall–Kier alpha value is -1.05. The summed E-state index contributed by atoms with van der Waals surface area (Å²) in [5, 5.41) is 17.2. The van der Waals surface area contributed by atoms with Gasteiger partial charge in [-0.1, -0.05) is 26.7 Å². The van der Waals surface area contributed by atoms with Gasteiger partial charge in [0.25, 0.3) is 0 Å². The number of fused-ring (bicyclic) bond motifs is 2. The van der Waals surface area contributed by atoms with Crippen LogP contribution < -0.4 is 5.32 Å². The van der Waals surface area contributed by atoms with Gasteiger partial charge in [-0.15, -0.1) is 5.10 Å². The highest BCUT2D eigenvalue weighted by atomic mass is 16.5. The molecule has 162 valence electrons. The van der Waals surface area contributed by atoms with Gasteiger partial charge in [-0.3, -0.25) is 0 Å². The van der Waals surface area contributed by atoms with Crippen molar-refractivity contribution in [2.75, 3.05) is 13.7 Å². The molecule has 0 spiro atoms. The summed E-state index contributed by atoms with van der Waals surface area (Å²) < 4.78 is 14.5. The van der Waals surface area contributed by atoms with Crippen LogP contribution in [-0.2, 0) is 15.0 Å². The van der Waals surface area contributed by atoms with E-state index < -0.39 is 0 Å². The molecule has 7 nitrogen and oxygen atoms in total. The van der Waals surface area contributed by atoms with Crippen LogP contribution in [0.2, 0.25) is 0 Å². The Bertz CT molecular complexity index is 717. The van der Waals surface area contributed by atoms with E-state index in [4.69, 9.17) is 9.47 Å². The molecule has 3 atom stereocenters. The molecule has 3 unspecified atom stereocenters. The van der Waals surface area contributed by atoms with E-state index in [1.165, 1.54) is 32.1 Å². The van der Waals surface area contributed by atoms with Crippen LogP contribution in [0.1, 0.15) is 96.3 Å². The van der Waals surface area contributed by atoms with Crippen molar-refractivity contribution in [3.05, 3.63) is 5.82 Å². The van der Waals surface area contributed by atoms with Gasteiger partial charge in [0.15, 0.2) is 5.82 Å². The van der Waals surface area contributed by atoms with Crippen molar-refractivity contribution in [2.24, 2.45) is 5.41 Å². The van der Waals surface area contributed by atoms with E-state index in [0.717, 1.165) is 50.9 Å². The first-order valence-electron chi connectivity index (χ1n) is 11.7. The molecule has 0 radical (unpaired) electrons. The Kier molecular flexibility index (Phi) is 4.99. The Morgan fingerprint density at radius 3 is 2.45 bits per heavy atom. The minimum Gasteiger partial charge on any atom is -0.377 e. The number of ether oxygens (including phenoxy) is 2. The second-order valence-corrected chi connectivity index (χ2v) is 10.9. The Morgan fingerprint density at radius 2 is 1.83 bits per heavy atom. The predicted octanol–water partition coefficient (Wildman–Crippen LogP) is 3.51. The lowest BCUT2D eigenvalue weighted by molar-refractivity contribution is -0.0615. The average molecular weight is 404 g/mol. The molecular weight excluding hydrogens is 366 g/mol. The molecule has 2 saturated carbocycles. The van der Waals surface area contributed by atoms with Crippen LogP contribution in [0.25, 0.3) is 0 Å². The fraction of sp³-hybridized carbons (Fsp3) is 0.955. The SMILES string of the molecule is COC1(CNC2(c3nnnn3C3CCCC3)CC3CCC(C2)O3)CCC(C)(C)C1. The molecule has 0 aromatic carbocycles. The Labute approximate surface area is 174 Å². The molecule has 7 heteroatoms. The fourth-order valence-corrected chi connectivity index (χ4v) is 6.59. The van der Waals surface area contributed by atoms with E-state index in [9.17, 15) is 0 Å². The van der Waals surface area contributed by atoms with Crippen molar-refractivity contribution in [3.8, 4) is 0 Å². The van der Waals surface area contributed by atoms with Crippen LogP contribution in [0.5, 0.6) is 0 Å². The molecule has 2 bridgehead atoms. The highest BCUT2D eigenvalue weighted by Gasteiger charge is 2.51. The maximum absolute atomic E-state index is 6.22. The number of nitrogens with zero attached hydrogens (tertiary/aromatic N) is 4. The molecule has 0 amide bonds. The summed E-state index contributed by atoms with van der Waals surface area (Å²) >= 11 is 0. The summed E-state index contributed by atoms with van der Waals surface area (Å²) in [6.45, 7) is 5.57. The van der Waals surface area contributed by atoms with Gasteiger partial charge < -0.3 is 14.8 Å². The summed E-state index contributed by atoms with van der Waals surface area (Å²) in [5.74, 6) is 1.04. The van der Waals surface area contributed by atoms with Crippen LogP contribution in [0.3, 0.4) is 0 Å². The van der Waals surface area contributed by atoms with Gasteiger partial charge in [0, 0.05) is 13.7 Å². The maximum atomic E-state index is 6.22. The fourth-order valence-electron chi connectivity index (χ4n) is 6.59. The van der Waals surface area contributed by atoms with Crippen molar-refractivity contribution in [1.82, 2.24) is 25.5 Å². The predicted molar refractivity (Wildman–Crippen MR) is 110 cm³/mol. The second-order valence-electron chi connectivity index (χ2n) is 10.9. The van der Waals surface area contributed by atoms with Crippen molar-refractivity contribution in [2.45, 2.75) is 114 Å². The molecular formula is C22H37N5O2. The number of nitrogens with one attached hydrogen (secondary N) is 1. The third kappa shape index (κ3) is 3.63. The molecule has 1 aromatic rings. The molecule has 1 N–H and O–H groups in total. The molecule has 3 heterocycles. The van der Waals surface area contributed by atoms with Gasteiger partial charge in [-0.25, -0.2) is 4.68 Å². The monoisotopic (exact) mass is 403 g/mol. The average Bonchev–Trinajstić information content (AvgIpc) is 3.47. The van der Waals surface area contributed by atoms with E-state index in [-0.39, 0.29) is 11.1 Å². The van der Waals surface area contributed by atoms with Crippen molar-refractivity contribution < 1.29 is 9.47 Å². The first kappa shape index (κ1) is 19.9. The van der Waals surface area contributed by atoms with Crippen molar-refractivity contribution in [3.63, 3.8) is 0 Å². The maximum Gasteiger partial charge on any atom is 0.171 e. The number of rotatable bonds is 6. The lowest BCUT2D eigenvalue weighted by Gasteiger charge is -2.43. The highest BCUT2D eigenvalue weighted by molar-refractivity contribution is 5.13. The Morgan fingerprint density at radius 1 is 1.10 bits per heavy atom. The molecule has 5 rings (SSSR count). The minimum absolute atomic E-state index is 0.0977. The summed E-state index contributed by atoms with van der Waals surface area (Å²) in [6.07, 6.45) is 13.2. The quantitative estimate of drug-likeness (QED) is 0.783. The van der Waals surface area contributed by atoms with Crippen LogP contribution in [0.15, 0.2) is 0 Å². The van der Waals surface area contributed by atoms with E-state index >= 15 is 0 Å². The largest absolute Gasteiger partial charge is 0.377 e. The summed E-state index contributed by atoms with van der Waals surface area (Å²) in [4.78, 5) is 0. The van der Waals surface area contributed by atoms with Crippen molar-refractivity contribution >= 4 is 0 Å². The normalized spacial score (nSPS) is 39.4. The van der Waals surface area contributed by atoms with Crippen molar-refractivity contribution in [1.29, 1.82) is 0 Å². The topological polar surface area (TPSA) is 74.1 Å². The lowest BCUT2D eigenvalue weighted by atomic mass is 9.83. The van der Waals surface area contributed by atoms with Crippen LogP contribution >= 0.6 is 0 Å². The zero-order valence-corrected chi connectivity index (χ0v) is 18.3. The molecule has 2 aliphatic carbocycles. The third-order valence-corrected chi connectivity index (χ3v) is 8.18. The smallest absolute Gasteiger partial charge is 0.171 e. The van der Waals surface area contributed by atoms with Gasteiger partial charge >= 0.3 is 0 Å². The standard InChI is InChI=1S/C22H37N5O2/c1-20(2)10-11-21(14-20,28-3)15-23-22(12-17-8-9-18(13-22)29-17)19-24-25-26-27(19)16-6-4-5-7-16/h16-18,23H,4-15H2,1-3H3. The zero-order chi connectivity index (χ0) is 20.1. The molecule has 2 aliphatic heterocycles. The number of tetrazole rings is 1. The minimum atomic E-state index is -0.214. The summed E-state index contributed by atoms with van der Waals surface area (Å²) in [5.41, 5.74) is 0.0267. The second kappa shape index (κ2) is 7.27. The van der Waals surface area contributed by atoms with Gasteiger partial charge in [0.2, 0.25) is 0 Å². The molecule has 2 saturated heterocycles. The highest BCUT2D eigenvalue weighted by Crippen LogP contribution is 2.48. The first-order chi connectivity index (χ1) is 13.9. The number of methoxy groups -OCH3 is 1. The third-order valence-electron chi connectivity index (χ3n) is 8.18. The number of aromatic nitrogens is 4. The zero-order valence-electron chi connectivity index (χ0n) is 18.3. The van der Waals surface area contributed by atoms with E-state index in [1.807, 2.05) is 7.11 Å². The molecule has 4 aliphatic rings. The van der Waals surface area contributed by atoms with Gasteiger partial charge in [-0.2, -0.15) is 0 Å². The molecule has 1 aromatic heterocycles. The first-order valence-corrected chi connectivity index (χ1v) is 11.7. The Balaban J connectivity index is 1.44. The molecule has 4 fully saturated rings. The van der Waals surface area contributed by atoms with E-state index in [2.05, 4.69) is 39.4 Å². The number of hydrogen-bond donors (Lipinski definition) is 1. The van der Waals surface area contributed by atoms with Gasteiger partial charge in [-0.05, 0) is 73.6 Å². The lowest BCUT2D eigenvalue weighted by Crippen LogP contribution is -2.56. The van der Waals surface area contributed by atoms with Crippen LogP contribution in [0, 0.1) is 5.41 Å². The van der Waals surface area contributed by atoms with E-state index in [1.54, 1.807) is 0 Å².